The van der Waals surface area contributed by atoms with Crippen molar-refractivity contribution in [1.82, 2.24) is 4.98 Å². The molecule has 3 aromatic rings. The minimum Gasteiger partial charge on any atom is -0.456 e. The Hall–Kier alpha value is -3.62. The monoisotopic (exact) mass is 446 g/mol. The van der Waals surface area contributed by atoms with Crippen molar-refractivity contribution in [1.29, 1.82) is 0 Å². The Balaban J connectivity index is 1.81. The van der Waals surface area contributed by atoms with E-state index in [1.165, 1.54) is 30.5 Å². The molecule has 0 unspecified atom stereocenters. The van der Waals surface area contributed by atoms with Crippen molar-refractivity contribution in [3.63, 3.8) is 0 Å². The van der Waals surface area contributed by atoms with E-state index in [-0.39, 0.29) is 34.2 Å². The summed E-state index contributed by atoms with van der Waals surface area (Å²) in [4.78, 5) is 26.8. The van der Waals surface area contributed by atoms with E-state index in [0.29, 0.717) is 18.4 Å². The lowest BCUT2D eigenvalue weighted by Crippen LogP contribution is -2.18. The van der Waals surface area contributed by atoms with Crippen LogP contribution in [0.3, 0.4) is 0 Å². The van der Waals surface area contributed by atoms with Crippen molar-refractivity contribution in [2.24, 2.45) is 0 Å². The van der Waals surface area contributed by atoms with Gasteiger partial charge in [0.1, 0.15) is 17.3 Å². The van der Waals surface area contributed by atoms with Gasteiger partial charge in [-0.15, -0.1) is 0 Å². The number of halogens is 4. The maximum atomic E-state index is 13.8. The Morgan fingerprint density at radius 1 is 1.09 bits per heavy atom. The van der Waals surface area contributed by atoms with Crippen LogP contribution in [0.2, 0.25) is 0 Å². The van der Waals surface area contributed by atoms with Crippen molar-refractivity contribution < 1.29 is 27.1 Å². The molecule has 166 valence electrons. The normalized spacial score (nSPS) is 13.7. The molecule has 0 atom stereocenters. The number of aromatic amines is 1. The molecule has 0 aliphatic heterocycles. The van der Waals surface area contributed by atoms with Crippen LogP contribution in [0, 0.1) is 12.7 Å². The van der Waals surface area contributed by atoms with Crippen molar-refractivity contribution in [2.45, 2.75) is 31.9 Å². The van der Waals surface area contributed by atoms with Gasteiger partial charge in [-0.1, -0.05) is 0 Å². The summed E-state index contributed by atoms with van der Waals surface area (Å²) in [5.74, 6) is -1.52. The topological polar surface area (TPSA) is 71.2 Å². The number of ether oxygens (including phenoxy) is 1. The summed E-state index contributed by atoms with van der Waals surface area (Å²) in [5, 5.41) is 2.43. The van der Waals surface area contributed by atoms with Crippen LogP contribution in [0.25, 0.3) is 0 Å². The second kappa shape index (κ2) is 8.14. The fourth-order valence-corrected chi connectivity index (χ4v) is 3.40. The van der Waals surface area contributed by atoms with Gasteiger partial charge in [0.15, 0.2) is 0 Å². The van der Waals surface area contributed by atoms with E-state index in [0.717, 1.165) is 18.2 Å². The van der Waals surface area contributed by atoms with Gasteiger partial charge in [0.25, 0.3) is 5.91 Å². The molecule has 1 aliphatic rings. The van der Waals surface area contributed by atoms with Gasteiger partial charge in [0.05, 0.1) is 11.1 Å². The third-order valence-corrected chi connectivity index (χ3v) is 5.11. The lowest BCUT2D eigenvalue weighted by atomic mass is 9.98. The van der Waals surface area contributed by atoms with E-state index in [1.807, 2.05) is 0 Å². The number of H-pyrrole nitrogens is 1. The molecule has 1 amide bonds. The molecular weight excluding hydrogens is 428 g/mol. The quantitative estimate of drug-likeness (QED) is 0.490. The summed E-state index contributed by atoms with van der Waals surface area (Å²) in [6.07, 6.45) is -2.15. The first kappa shape index (κ1) is 21.6. The Morgan fingerprint density at radius 3 is 2.47 bits per heavy atom. The highest BCUT2D eigenvalue weighted by Crippen LogP contribution is 2.48. The molecule has 0 spiro atoms. The zero-order chi connectivity index (χ0) is 23.0. The first-order chi connectivity index (χ1) is 15.1. The number of carbonyl (C=O) groups is 1. The maximum absolute atomic E-state index is 13.8. The zero-order valence-corrected chi connectivity index (χ0v) is 16.8. The number of anilines is 1. The lowest BCUT2D eigenvalue weighted by Gasteiger charge is -2.19. The second-order valence-corrected chi connectivity index (χ2v) is 7.62. The number of aromatic nitrogens is 1. The Kier molecular flexibility index (Phi) is 5.50. The van der Waals surface area contributed by atoms with Crippen LogP contribution in [0.1, 0.15) is 45.8 Å². The zero-order valence-electron chi connectivity index (χ0n) is 16.8. The summed E-state index contributed by atoms with van der Waals surface area (Å²) in [6.45, 7) is 1.58. The maximum Gasteiger partial charge on any atom is 0.416 e. The average molecular weight is 446 g/mol. The fraction of sp³-hybridized carbons (Fsp3) is 0.217. The smallest absolute Gasteiger partial charge is 0.416 e. The molecule has 1 aromatic heterocycles. The molecule has 4 rings (SSSR count). The number of hydrogen-bond acceptors (Lipinski definition) is 3. The Bertz CT molecular complexity index is 1250. The minimum absolute atomic E-state index is 0.0555. The number of alkyl halides is 3. The molecule has 5 nitrogen and oxygen atoms in total. The molecule has 0 radical (unpaired) electrons. The van der Waals surface area contributed by atoms with Gasteiger partial charge >= 0.3 is 6.18 Å². The van der Waals surface area contributed by atoms with Crippen molar-refractivity contribution in [3.8, 4) is 11.5 Å². The van der Waals surface area contributed by atoms with Crippen LogP contribution in [-0.4, -0.2) is 10.9 Å². The van der Waals surface area contributed by atoms with Gasteiger partial charge in [-0.05, 0) is 73.2 Å². The van der Waals surface area contributed by atoms with Crippen LogP contribution >= 0.6 is 0 Å². The molecular formula is C23H18F4N2O3. The standard InChI is InChI=1S/C23H18F4N2O3/c1-12-8-14(24)4-5-19(12)32-20-11-16(13-2-3-13)18(23(25,26)27)10-17(20)22(31)29-15-6-7-28-21(30)9-15/h4-11,13H,2-3H2,1H3,(H2,28,29,30,31). The van der Waals surface area contributed by atoms with Crippen LogP contribution in [0.4, 0.5) is 23.2 Å². The van der Waals surface area contributed by atoms with Crippen LogP contribution in [0.5, 0.6) is 11.5 Å². The molecule has 1 heterocycles. The van der Waals surface area contributed by atoms with E-state index < -0.39 is 29.0 Å². The van der Waals surface area contributed by atoms with Gasteiger partial charge in [0, 0.05) is 18.0 Å². The Morgan fingerprint density at radius 2 is 1.84 bits per heavy atom. The second-order valence-electron chi connectivity index (χ2n) is 7.62. The minimum atomic E-state index is -4.67. The summed E-state index contributed by atoms with van der Waals surface area (Å²) in [7, 11) is 0. The molecule has 2 aromatic carbocycles. The highest BCUT2D eigenvalue weighted by molar-refractivity contribution is 6.06. The van der Waals surface area contributed by atoms with Gasteiger partial charge in [-0.2, -0.15) is 13.2 Å². The van der Waals surface area contributed by atoms with Crippen molar-refractivity contribution in [3.05, 3.63) is 87.1 Å². The number of rotatable bonds is 5. The summed E-state index contributed by atoms with van der Waals surface area (Å²) in [6, 6.07) is 8.22. The van der Waals surface area contributed by atoms with Crippen LogP contribution in [0.15, 0.2) is 53.5 Å². The third-order valence-electron chi connectivity index (χ3n) is 5.11. The highest BCUT2D eigenvalue weighted by atomic mass is 19.4. The van der Waals surface area contributed by atoms with Crippen molar-refractivity contribution >= 4 is 11.6 Å². The molecule has 1 saturated carbocycles. The Labute approximate surface area is 180 Å². The van der Waals surface area contributed by atoms with E-state index in [4.69, 9.17) is 4.74 Å². The first-order valence-electron chi connectivity index (χ1n) is 9.81. The number of amides is 1. The molecule has 0 saturated heterocycles. The third kappa shape index (κ3) is 4.66. The van der Waals surface area contributed by atoms with E-state index >= 15 is 0 Å². The molecule has 2 N–H and O–H groups in total. The average Bonchev–Trinajstić information content (AvgIpc) is 3.54. The molecule has 9 heteroatoms. The fourth-order valence-electron chi connectivity index (χ4n) is 3.40. The summed E-state index contributed by atoms with van der Waals surface area (Å²) in [5.41, 5.74) is -1.16. The molecule has 0 bridgehead atoms. The molecule has 32 heavy (non-hydrogen) atoms. The van der Waals surface area contributed by atoms with Gasteiger partial charge in [0.2, 0.25) is 5.56 Å². The van der Waals surface area contributed by atoms with E-state index in [2.05, 4.69) is 10.3 Å². The number of carbonyl (C=O) groups excluding carboxylic acids is 1. The number of hydrogen-bond donors (Lipinski definition) is 2. The van der Waals surface area contributed by atoms with Crippen LogP contribution in [-0.2, 0) is 6.18 Å². The number of pyridine rings is 1. The highest BCUT2D eigenvalue weighted by Gasteiger charge is 2.40. The predicted octanol–water partition coefficient (Wildman–Crippen LogP) is 5.76. The SMILES string of the molecule is Cc1cc(F)ccc1Oc1cc(C2CC2)c(C(F)(F)F)cc1C(=O)Nc1cc[nH]c(=O)c1. The van der Waals surface area contributed by atoms with Gasteiger partial charge in [-0.25, -0.2) is 4.39 Å². The lowest BCUT2D eigenvalue weighted by molar-refractivity contribution is -0.138. The molecule has 1 fully saturated rings. The summed E-state index contributed by atoms with van der Waals surface area (Å²) >= 11 is 0. The molecule has 1 aliphatic carbocycles. The van der Waals surface area contributed by atoms with Crippen LogP contribution < -0.4 is 15.6 Å². The largest absolute Gasteiger partial charge is 0.456 e. The van der Waals surface area contributed by atoms with Gasteiger partial charge < -0.3 is 15.0 Å². The number of benzene rings is 2. The van der Waals surface area contributed by atoms with E-state index in [1.54, 1.807) is 6.92 Å². The van der Waals surface area contributed by atoms with Crippen molar-refractivity contribution in [2.75, 3.05) is 5.32 Å². The van der Waals surface area contributed by atoms with E-state index in [9.17, 15) is 27.2 Å². The van der Waals surface area contributed by atoms with Gasteiger partial charge in [-0.3, -0.25) is 9.59 Å². The first-order valence-corrected chi connectivity index (χ1v) is 9.81. The number of aryl methyl sites for hydroxylation is 1. The summed E-state index contributed by atoms with van der Waals surface area (Å²) < 4.78 is 60.6. The number of nitrogens with one attached hydrogen (secondary N) is 2. The predicted molar refractivity (Wildman–Crippen MR) is 110 cm³/mol.